The Morgan fingerprint density at radius 3 is 2.39 bits per heavy atom. The molecule has 0 bridgehead atoms. The maximum absolute atomic E-state index is 13.4. The number of benzene rings is 3. The van der Waals surface area contributed by atoms with Gasteiger partial charge < -0.3 is 24.5 Å². The van der Waals surface area contributed by atoms with Crippen molar-refractivity contribution < 1.29 is 24.2 Å². The third-order valence-corrected chi connectivity index (χ3v) is 15.4. The van der Waals surface area contributed by atoms with Gasteiger partial charge in [-0.25, -0.2) is 9.97 Å². The molecule has 3 atom stereocenters. The largest absolute Gasteiger partial charge is 0.508 e. The first-order chi connectivity index (χ1) is 28.7. The van der Waals surface area contributed by atoms with E-state index in [0.717, 1.165) is 87.1 Å². The molecule has 59 heavy (non-hydrogen) atoms. The molecule has 0 unspecified atom stereocenters. The zero-order chi connectivity index (χ0) is 39.9. The summed E-state index contributed by atoms with van der Waals surface area (Å²) >= 11 is 0. The Hall–Kier alpha value is -5.29. The van der Waals surface area contributed by atoms with Crippen molar-refractivity contribution >= 4 is 23.7 Å². The van der Waals surface area contributed by atoms with Gasteiger partial charge in [0.05, 0.1) is 13.2 Å². The molecule has 3 amide bonds. The van der Waals surface area contributed by atoms with Crippen molar-refractivity contribution in [3.63, 3.8) is 0 Å². The van der Waals surface area contributed by atoms with Crippen molar-refractivity contribution in [3.8, 4) is 11.5 Å². The lowest BCUT2D eigenvalue weighted by molar-refractivity contribution is -0.136. The summed E-state index contributed by atoms with van der Waals surface area (Å²) in [6, 6.07) is 20.1. The number of rotatable bonds is 6. The number of phenols is 1. The van der Waals surface area contributed by atoms with Gasteiger partial charge in [-0.3, -0.25) is 19.7 Å². The molecular formula is C48H52N6O5. The number of carbonyl (C=O) groups excluding carboxylic acids is 3. The van der Waals surface area contributed by atoms with Crippen LogP contribution in [0.2, 0.25) is 0 Å². The standard InChI is InChI=1S/C48H52N6O5/c55-34-7-9-36-32(22-34)6-8-35(31-4-2-1-3-5-31)42(36)33-25-49-46(50-26-33)53-20-14-47(15-21-53)23-30(24-47)27-52-18-16-48(17-19-52)29-59-43-38-28-54(40-12-13-41(56)51-44(40)57)45(58)37(38)10-11-39(43)48/h1-5,7,9-11,22,25-26,30,35,40,42,55H,6,8,12-21,23-24,27-29H2,(H,51,56,57)/t35-,40-,42+/m0/s1. The number of carbonyl (C=O) groups is 3. The van der Waals surface area contributed by atoms with Gasteiger partial charge in [0.15, 0.2) is 0 Å². The van der Waals surface area contributed by atoms with Crippen LogP contribution in [0.4, 0.5) is 5.95 Å². The Morgan fingerprint density at radius 1 is 0.847 bits per heavy atom. The first-order valence-electron chi connectivity index (χ1n) is 21.8. The van der Waals surface area contributed by atoms with Crippen LogP contribution in [0.15, 0.2) is 73.1 Å². The average Bonchev–Trinajstić information content (AvgIpc) is 3.78. The smallest absolute Gasteiger partial charge is 0.255 e. The molecule has 3 aromatic carbocycles. The molecule has 4 fully saturated rings. The maximum atomic E-state index is 13.4. The number of hydrogen-bond acceptors (Lipinski definition) is 9. The normalized spacial score (nSPS) is 26.0. The molecule has 2 N–H and O–H groups in total. The molecule has 1 aromatic heterocycles. The van der Waals surface area contributed by atoms with Crippen LogP contribution in [0, 0.1) is 11.3 Å². The predicted octanol–water partition coefficient (Wildman–Crippen LogP) is 6.23. The van der Waals surface area contributed by atoms with E-state index in [-0.39, 0.29) is 35.5 Å². The van der Waals surface area contributed by atoms with E-state index in [1.807, 2.05) is 18.2 Å². The summed E-state index contributed by atoms with van der Waals surface area (Å²) in [6.45, 7) is 6.24. The number of aryl methyl sites for hydroxylation is 1. The summed E-state index contributed by atoms with van der Waals surface area (Å²) in [4.78, 5) is 54.4. The third kappa shape index (κ3) is 6.30. The molecule has 11 heteroatoms. The lowest BCUT2D eigenvalue weighted by Crippen LogP contribution is -2.52. The van der Waals surface area contributed by atoms with Crippen LogP contribution in [0.5, 0.6) is 11.5 Å². The molecule has 2 spiro atoms. The molecule has 11 nitrogen and oxygen atoms in total. The van der Waals surface area contributed by atoms with Crippen LogP contribution in [0.3, 0.4) is 0 Å². The van der Waals surface area contributed by atoms with Crippen LogP contribution >= 0.6 is 0 Å². The van der Waals surface area contributed by atoms with E-state index >= 15 is 0 Å². The number of nitrogens with zero attached hydrogens (tertiary/aromatic N) is 5. The number of imide groups is 1. The molecular weight excluding hydrogens is 741 g/mol. The first kappa shape index (κ1) is 36.8. The second kappa shape index (κ2) is 14.2. The summed E-state index contributed by atoms with van der Waals surface area (Å²) in [6.07, 6.45) is 13.7. The molecule has 1 saturated carbocycles. The van der Waals surface area contributed by atoms with Crippen LogP contribution in [-0.4, -0.2) is 88.0 Å². The fraction of sp³-hybridized carbons (Fsp3) is 0.479. The molecule has 4 aromatic rings. The molecule has 6 heterocycles. The van der Waals surface area contributed by atoms with Gasteiger partial charge >= 0.3 is 0 Å². The third-order valence-electron chi connectivity index (χ3n) is 15.4. The Kier molecular flexibility index (Phi) is 8.83. The Balaban J connectivity index is 0.685. The lowest BCUT2D eigenvalue weighted by atomic mass is 9.57. The molecule has 0 radical (unpaired) electrons. The SMILES string of the molecule is O=C1CC[C@H](N2Cc3c(ccc4c3OCC43CCN(CC4CC5(CCN(c6ncc([C@H]7c8ccc(O)cc8CC[C@H]7c7ccccc7)cn6)CC5)C4)CC3)C2=O)C(=O)N1. The minimum Gasteiger partial charge on any atom is -0.508 e. The monoisotopic (exact) mass is 792 g/mol. The van der Waals surface area contributed by atoms with Gasteiger partial charge in [-0.2, -0.15) is 0 Å². The van der Waals surface area contributed by atoms with Crippen LogP contribution in [0.25, 0.3) is 0 Å². The number of aromatic hydroxyl groups is 1. The van der Waals surface area contributed by atoms with E-state index in [1.54, 1.807) is 4.90 Å². The quantitative estimate of drug-likeness (QED) is 0.219. The van der Waals surface area contributed by atoms with Crippen molar-refractivity contribution in [1.29, 1.82) is 0 Å². The number of anilines is 1. The number of hydrogen-bond donors (Lipinski definition) is 2. The summed E-state index contributed by atoms with van der Waals surface area (Å²) in [5.74, 6) is 2.42. The van der Waals surface area contributed by atoms with Gasteiger partial charge in [0, 0.05) is 66.5 Å². The van der Waals surface area contributed by atoms with Gasteiger partial charge in [-0.1, -0.05) is 42.5 Å². The van der Waals surface area contributed by atoms with Gasteiger partial charge in [0.2, 0.25) is 17.8 Å². The van der Waals surface area contributed by atoms with Crippen LogP contribution in [0.1, 0.15) is 113 Å². The summed E-state index contributed by atoms with van der Waals surface area (Å²) < 4.78 is 6.43. The summed E-state index contributed by atoms with van der Waals surface area (Å²) in [5, 5.41) is 12.6. The number of phenolic OH excluding ortho intramolecular Hbond substituents is 1. The van der Waals surface area contributed by atoms with Gasteiger partial charge in [0.25, 0.3) is 5.91 Å². The number of fused-ring (bicyclic) bond motifs is 5. The molecule has 3 saturated heterocycles. The lowest BCUT2D eigenvalue weighted by Gasteiger charge is -2.53. The highest BCUT2D eigenvalue weighted by atomic mass is 16.5. The predicted molar refractivity (Wildman–Crippen MR) is 221 cm³/mol. The molecule has 11 rings (SSSR count). The Labute approximate surface area is 345 Å². The molecule has 5 aliphatic heterocycles. The maximum Gasteiger partial charge on any atom is 0.255 e. The van der Waals surface area contributed by atoms with Crippen molar-refractivity contribution in [3.05, 3.63) is 112 Å². The molecule has 2 aliphatic carbocycles. The minimum absolute atomic E-state index is 0.0334. The number of aromatic nitrogens is 2. The highest BCUT2D eigenvalue weighted by Gasteiger charge is 2.50. The van der Waals surface area contributed by atoms with E-state index in [9.17, 15) is 19.5 Å². The van der Waals surface area contributed by atoms with Gasteiger partial charge in [-0.05, 0) is 129 Å². The van der Waals surface area contributed by atoms with Crippen molar-refractivity contribution in [2.24, 2.45) is 11.3 Å². The summed E-state index contributed by atoms with van der Waals surface area (Å²) in [5.41, 5.74) is 8.11. The zero-order valence-corrected chi connectivity index (χ0v) is 33.6. The highest BCUT2D eigenvalue weighted by Crippen LogP contribution is 2.54. The fourth-order valence-electron chi connectivity index (χ4n) is 12.2. The second-order valence-electron chi connectivity index (χ2n) is 18.7. The van der Waals surface area contributed by atoms with E-state index in [0.29, 0.717) is 42.2 Å². The number of likely N-dealkylation sites (tertiary alicyclic amines) is 1. The minimum atomic E-state index is -0.621. The Bertz CT molecular complexity index is 2310. The highest BCUT2D eigenvalue weighted by molar-refractivity contribution is 6.05. The van der Waals surface area contributed by atoms with Crippen LogP contribution in [-0.2, 0) is 28.0 Å². The number of piperidine rings is 3. The number of nitrogens with one attached hydrogen (secondary N) is 1. The number of amides is 3. The Morgan fingerprint density at radius 2 is 1.63 bits per heavy atom. The van der Waals surface area contributed by atoms with Crippen LogP contribution < -0.4 is 15.0 Å². The van der Waals surface area contributed by atoms with Crippen molar-refractivity contribution in [2.75, 3.05) is 44.2 Å². The van der Waals surface area contributed by atoms with E-state index in [4.69, 9.17) is 14.7 Å². The zero-order valence-electron chi connectivity index (χ0n) is 33.6. The topological polar surface area (TPSA) is 128 Å². The first-order valence-corrected chi connectivity index (χ1v) is 21.8. The van der Waals surface area contributed by atoms with E-state index in [1.165, 1.54) is 47.9 Å². The second-order valence-corrected chi connectivity index (χ2v) is 18.7. The van der Waals surface area contributed by atoms with E-state index in [2.05, 4.69) is 70.0 Å². The average molecular weight is 793 g/mol. The number of ether oxygens (including phenoxy) is 1. The summed E-state index contributed by atoms with van der Waals surface area (Å²) in [7, 11) is 0. The van der Waals surface area contributed by atoms with E-state index < -0.39 is 6.04 Å². The van der Waals surface area contributed by atoms with Gasteiger partial charge in [-0.15, -0.1) is 0 Å². The molecule has 7 aliphatic rings. The van der Waals surface area contributed by atoms with Crippen molar-refractivity contribution in [2.45, 2.75) is 94.0 Å². The van der Waals surface area contributed by atoms with Crippen molar-refractivity contribution in [1.82, 2.24) is 25.1 Å². The van der Waals surface area contributed by atoms with Gasteiger partial charge in [0.1, 0.15) is 17.5 Å². The molecule has 304 valence electrons. The fourth-order valence-corrected chi connectivity index (χ4v) is 12.2.